The Kier molecular flexibility index (Phi) is 10.7. The van der Waals surface area contributed by atoms with E-state index in [1.807, 2.05) is 55.6 Å². The highest BCUT2D eigenvalue weighted by atomic mass is 35.5. The molecule has 214 valence electrons. The largest absolute Gasteiger partial charge is 0.464 e. The molecule has 0 saturated carbocycles. The van der Waals surface area contributed by atoms with Crippen LogP contribution in [0, 0.1) is 11.3 Å². The van der Waals surface area contributed by atoms with E-state index in [2.05, 4.69) is 6.07 Å². The SMILES string of the molecule is CCC[C@H](C(=O)OCC)N1C(=O)[C@H](Cc2ccc(SC)cc2C#N)O[C@@H](c2ccc(Cl)cc2)[C@H]1c1ccc(Cl)cc1. The van der Waals surface area contributed by atoms with Crippen LogP contribution in [-0.4, -0.2) is 41.8 Å². The molecule has 0 radical (unpaired) electrons. The molecule has 0 aliphatic carbocycles. The van der Waals surface area contributed by atoms with Gasteiger partial charge in [-0.2, -0.15) is 5.26 Å². The molecule has 4 atom stereocenters. The number of thioether (sulfide) groups is 1. The Balaban J connectivity index is 1.88. The second kappa shape index (κ2) is 14.2. The molecule has 0 spiro atoms. The topological polar surface area (TPSA) is 79.6 Å². The first-order chi connectivity index (χ1) is 19.8. The average Bonchev–Trinajstić information content (AvgIpc) is 2.98. The van der Waals surface area contributed by atoms with Crippen molar-refractivity contribution in [1.82, 2.24) is 4.90 Å². The van der Waals surface area contributed by atoms with Crippen LogP contribution in [0.4, 0.5) is 0 Å². The summed E-state index contributed by atoms with van der Waals surface area (Å²) in [6, 6.07) is 20.9. The fourth-order valence-corrected chi connectivity index (χ4v) is 5.89. The quantitative estimate of drug-likeness (QED) is 0.174. The summed E-state index contributed by atoms with van der Waals surface area (Å²) >= 11 is 14.0. The third kappa shape index (κ3) is 7.07. The first kappa shape index (κ1) is 30.9. The lowest BCUT2D eigenvalue weighted by atomic mass is 9.88. The van der Waals surface area contributed by atoms with E-state index >= 15 is 0 Å². The fraction of sp³-hybridized carbons (Fsp3) is 0.344. The minimum atomic E-state index is -0.944. The Labute approximate surface area is 255 Å². The van der Waals surface area contributed by atoms with Crippen molar-refractivity contribution in [3.63, 3.8) is 0 Å². The lowest BCUT2D eigenvalue weighted by molar-refractivity contribution is -0.186. The van der Waals surface area contributed by atoms with E-state index < -0.39 is 30.3 Å². The average molecular weight is 612 g/mol. The monoisotopic (exact) mass is 610 g/mol. The van der Waals surface area contributed by atoms with Crippen molar-refractivity contribution in [3.8, 4) is 6.07 Å². The zero-order valence-corrected chi connectivity index (χ0v) is 25.5. The van der Waals surface area contributed by atoms with Gasteiger partial charge >= 0.3 is 5.97 Å². The van der Waals surface area contributed by atoms with E-state index in [4.69, 9.17) is 32.7 Å². The standard InChI is InChI=1S/C32H32Cl2N2O4S/c1-4-6-27(32(38)39-5-2)36-29(20-7-12-24(33)13-8-20)30(21-9-14-25(34)15-10-21)40-28(31(36)37)18-22-11-16-26(41-3)17-23(22)19-35/h7-17,27-30H,4-6,18H2,1-3H3/t27-,28+,29-,30+/m1/s1. The Morgan fingerprint density at radius 2 is 1.68 bits per heavy atom. The van der Waals surface area contributed by atoms with Gasteiger partial charge in [0.2, 0.25) is 0 Å². The fourth-order valence-electron chi connectivity index (χ4n) is 5.20. The summed E-state index contributed by atoms with van der Waals surface area (Å²) in [6.45, 7) is 3.91. The maximum Gasteiger partial charge on any atom is 0.328 e. The molecule has 9 heteroatoms. The molecule has 1 amide bonds. The number of ether oxygens (including phenoxy) is 2. The minimum absolute atomic E-state index is 0.173. The van der Waals surface area contributed by atoms with Crippen LogP contribution >= 0.6 is 35.0 Å². The molecule has 1 aliphatic heterocycles. The second-order valence-electron chi connectivity index (χ2n) is 9.73. The van der Waals surface area contributed by atoms with Crippen molar-refractivity contribution in [3.05, 3.63) is 99.0 Å². The number of carbonyl (C=O) groups excluding carboxylic acids is 2. The van der Waals surface area contributed by atoms with Crippen molar-refractivity contribution in [1.29, 1.82) is 5.26 Å². The number of morpholine rings is 1. The molecule has 0 bridgehead atoms. The molecule has 6 nitrogen and oxygen atoms in total. The first-order valence-corrected chi connectivity index (χ1v) is 15.5. The number of hydrogen-bond donors (Lipinski definition) is 0. The molecule has 3 aromatic rings. The summed E-state index contributed by atoms with van der Waals surface area (Å²) < 4.78 is 12.1. The number of carbonyl (C=O) groups is 2. The van der Waals surface area contributed by atoms with E-state index in [1.165, 1.54) is 11.8 Å². The van der Waals surface area contributed by atoms with Gasteiger partial charge < -0.3 is 14.4 Å². The Hall–Kier alpha value is -3.02. The summed E-state index contributed by atoms with van der Waals surface area (Å²) in [5.74, 6) is -0.793. The van der Waals surface area contributed by atoms with Gasteiger partial charge in [0.05, 0.1) is 24.3 Å². The second-order valence-corrected chi connectivity index (χ2v) is 11.5. The zero-order valence-electron chi connectivity index (χ0n) is 23.2. The van der Waals surface area contributed by atoms with E-state index in [0.717, 1.165) is 16.0 Å². The van der Waals surface area contributed by atoms with Crippen molar-refractivity contribution >= 4 is 46.8 Å². The van der Waals surface area contributed by atoms with Gasteiger partial charge in [0.15, 0.2) is 0 Å². The molecule has 1 fully saturated rings. The molecular formula is C32H32Cl2N2O4S. The molecular weight excluding hydrogens is 579 g/mol. The van der Waals surface area contributed by atoms with E-state index in [1.54, 1.807) is 36.1 Å². The van der Waals surface area contributed by atoms with Crippen LogP contribution in [-0.2, 0) is 25.5 Å². The van der Waals surface area contributed by atoms with Crippen molar-refractivity contribution in [2.45, 2.75) is 62.3 Å². The number of nitriles is 1. The summed E-state index contributed by atoms with van der Waals surface area (Å²) in [5.41, 5.74) is 2.76. The van der Waals surface area contributed by atoms with Gasteiger partial charge in [-0.05, 0) is 72.7 Å². The van der Waals surface area contributed by atoms with E-state index in [-0.39, 0.29) is 18.9 Å². The molecule has 0 unspecified atom stereocenters. The van der Waals surface area contributed by atoms with Gasteiger partial charge in [0.1, 0.15) is 18.2 Å². The summed E-state index contributed by atoms with van der Waals surface area (Å²) in [7, 11) is 0. The highest BCUT2D eigenvalue weighted by molar-refractivity contribution is 7.98. The molecule has 1 heterocycles. The smallest absolute Gasteiger partial charge is 0.328 e. The third-order valence-electron chi connectivity index (χ3n) is 7.14. The van der Waals surface area contributed by atoms with Crippen LogP contribution in [0.3, 0.4) is 0 Å². The highest BCUT2D eigenvalue weighted by Gasteiger charge is 2.48. The van der Waals surface area contributed by atoms with Crippen LogP contribution in [0.1, 0.15) is 61.1 Å². The number of esters is 1. The number of rotatable bonds is 10. The number of amides is 1. The predicted octanol–water partition coefficient (Wildman–Crippen LogP) is 7.57. The molecule has 0 aromatic heterocycles. The molecule has 1 aliphatic rings. The molecule has 4 rings (SSSR count). The Bertz CT molecular complexity index is 1410. The van der Waals surface area contributed by atoms with Gasteiger partial charge in [0, 0.05) is 21.4 Å². The van der Waals surface area contributed by atoms with E-state index in [9.17, 15) is 14.9 Å². The molecule has 0 N–H and O–H groups in total. The van der Waals surface area contributed by atoms with Crippen LogP contribution < -0.4 is 0 Å². The normalized spacial score (nSPS) is 19.5. The molecule has 1 saturated heterocycles. The molecule has 3 aromatic carbocycles. The number of nitrogens with zero attached hydrogens (tertiary/aromatic N) is 2. The molecule has 41 heavy (non-hydrogen) atoms. The third-order valence-corrected chi connectivity index (χ3v) is 8.37. The number of hydrogen-bond acceptors (Lipinski definition) is 6. The maximum absolute atomic E-state index is 14.4. The minimum Gasteiger partial charge on any atom is -0.464 e. The lowest BCUT2D eigenvalue weighted by Crippen LogP contribution is -2.57. The van der Waals surface area contributed by atoms with Crippen LogP contribution in [0.2, 0.25) is 10.0 Å². The number of halogens is 2. The predicted molar refractivity (Wildman–Crippen MR) is 162 cm³/mol. The zero-order chi connectivity index (χ0) is 29.5. The van der Waals surface area contributed by atoms with Gasteiger partial charge in [-0.1, -0.05) is 66.9 Å². The van der Waals surface area contributed by atoms with Gasteiger partial charge in [-0.3, -0.25) is 4.79 Å². The first-order valence-electron chi connectivity index (χ1n) is 13.5. The van der Waals surface area contributed by atoms with Crippen LogP contribution in [0.15, 0.2) is 71.6 Å². The van der Waals surface area contributed by atoms with Crippen LogP contribution in [0.5, 0.6) is 0 Å². The summed E-state index contributed by atoms with van der Waals surface area (Å²) in [5, 5.41) is 11.0. The van der Waals surface area contributed by atoms with Crippen LogP contribution in [0.25, 0.3) is 0 Å². The summed E-state index contributed by atoms with van der Waals surface area (Å²) in [6.07, 6.45) is 1.61. The Morgan fingerprint density at radius 3 is 2.24 bits per heavy atom. The summed E-state index contributed by atoms with van der Waals surface area (Å²) in [4.78, 5) is 30.4. The maximum atomic E-state index is 14.4. The highest BCUT2D eigenvalue weighted by Crippen LogP contribution is 2.45. The van der Waals surface area contributed by atoms with Gasteiger partial charge in [-0.25, -0.2) is 4.79 Å². The van der Waals surface area contributed by atoms with Crippen molar-refractivity contribution in [2.75, 3.05) is 12.9 Å². The lowest BCUT2D eigenvalue weighted by Gasteiger charge is -2.47. The van der Waals surface area contributed by atoms with Gasteiger partial charge in [-0.15, -0.1) is 11.8 Å². The Morgan fingerprint density at radius 1 is 1.05 bits per heavy atom. The van der Waals surface area contributed by atoms with Crippen molar-refractivity contribution < 1.29 is 19.1 Å². The van der Waals surface area contributed by atoms with E-state index in [0.29, 0.717) is 34.0 Å². The number of benzene rings is 3. The van der Waals surface area contributed by atoms with Gasteiger partial charge in [0.25, 0.3) is 5.91 Å². The van der Waals surface area contributed by atoms with Crippen molar-refractivity contribution in [2.24, 2.45) is 0 Å².